The van der Waals surface area contributed by atoms with Gasteiger partial charge in [-0.05, 0) is 17.9 Å². The van der Waals surface area contributed by atoms with Crippen LogP contribution in [0.15, 0.2) is 23.1 Å². The number of morpholine rings is 1. The van der Waals surface area contributed by atoms with Crippen molar-refractivity contribution in [2.45, 2.75) is 24.3 Å². The quantitative estimate of drug-likeness (QED) is 0.842. The van der Waals surface area contributed by atoms with Crippen molar-refractivity contribution in [3.63, 3.8) is 0 Å². The fraction of sp³-hybridized carbons (Fsp3) is 0.467. The SMILES string of the molecule is CCSc1cccc(N2CCOC(CC(=O)O)C2)c1C#N. The van der Waals surface area contributed by atoms with E-state index in [0.717, 1.165) is 16.3 Å². The van der Waals surface area contributed by atoms with Crippen molar-refractivity contribution in [3.05, 3.63) is 23.8 Å². The second kappa shape index (κ2) is 7.34. The van der Waals surface area contributed by atoms with E-state index < -0.39 is 5.97 Å². The molecular formula is C15H18N2O3S. The van der Waals surface area contributed by atoms with Crippen LogP contribution in [-0.2, 0) is 9.53 Å². The maximum atomic E-state index is 10.8. The molecule has 1 unspecified atom stereocenters. The van der Waals surface area contributed by atoms with E-state index in [1.54, 1.807) is 11.8 Å². The first-order chi connectivity index (χ1) is 10.2. The number of hydrogen-bond acceptors (Lipinski definition) is 5. The molecule has 0 bridgehead atoms. The zero-order valence-electron chi connectivity index (χ0n) is 11.9. The van der Waals surface area contributed by atoms with Gasteiger partial charge in [0.25, 0.3) is 0 Å². The molecule has 1 saturated heterocycles. The molecule has 1 aliphatic rings. The Bertz CT molecular complexity index is 556. The van der Waals surface area contributed by atoms with E-state index in [1.165, 1.54) is 0 Å². The lowest BCUT2D eigenvalue weighted by Gasteiger charge is -2.34. The van der Waals surface area contributed by atoms with Crippen molar-refractivity contribution in [1.82, 2.24) is 0 Å². The van der Waals surface area contributed by atoms with Crippen LogP contribution in [0, 0.1) is 11.3 Å². The number of aliphatic carboxylic acids is 1. The molecule has 0 amide bonds. The summed E-state index contributed by atoms with van der Waals surface area (Å²) < 4.78 is 5.48. The Hall–Kier alpha value is -1.71. The largest absolute Gasteiger partial charge is 0.481 e. The van der Waals surface area contributed by atoms with Crippen molar-refractivity contribution in [1.29, 1.82) is 5.26 Å². The van der Waals surface area contributed by atoms with Crippen LogP contribution in [0.5, 0.6) is 0 Å². The Balaban J connectivity index is 2.23. The molecule has 21 heavy (non-hydrogen) atoms. The molecule has 1 aromatic carbocycles. The molecule has 1 fully saturated rings. The fourth-order valence-electron chi connectivity index (χ4n) is 2.43. The number of carboxylic acid groups (broad SMARTS) is 1. The van der Waals surface area contributed by atoms with Gasteiger partial charge in [0.15, 0.2) is 0 Å². The maximum absolute atomic E-state index is 10.8. The van der Waals surface area contributed by atoms with E-state index >= 15 is 0 Å². The molecule has 1 aliphatic heterocycles. The summed E-state index contributed by atoms with van der Waals surface area (Å²) in [6, 6.07) is 8.09. The molecule has 1 heterocycles. The molecule has 0 aliphatic carbocycles. The van der Waals surface area contributed by atoms with Crippen molar-refractivity contribution in [2.75, 3.05) is 30.3 Å². The van der Waals surface area contributed by atoms with Gasteiger partial charge in [0, 0.05) is 18.0 Å². The fourth-order valence-corrected chi connectivity index (χ4v) is 3.21. The van der Waals surface area contributed by atoms with Gasteiger partial charge in [0.1, 0.15) is 6.07 Å². The second-order valence-electron chi connectivity index (χ2n) is 4.73. The Kier molecular flexibility index (Phi) is 5.48. The van der Waals surface area contributed by atoms with Gasteiger partial charge < -0.3 is 14.7 Å². The molecule has 1 atom stereocenters. The minimum Gasteiger partial charge on any atom is -0.481 e. The van der Waals surface area contributed by atoms with Crippen LogP contribution in [0.1, 0.15) is 18.9 Å². The Morgan fingerprint density at radius 1 is 1.62 bits per heavy atom. The van der Waals surface area contributed by atoms with Crippen LogP contribution >= 0.6 is 11.8 Å². The number of nitriles is 1. The third kappa shape index (κ3) is 3.90. The van der Waals surface area contributed by atoms with Crippen molar-refractivity contribution < 1.29 is 14.6 Å². The van der Waals surface area contributed by atoms with Crippen LogP contribution in [0.3, 0.4) is 0 Å². The highest BCUT2D eigenvalue weighted by molar-refractivity contribution is 7.99. The predicted molar refractivity (Wildman–Crippen MR) is 81.8 cm³/mol. The van der Waals surface area contributed by atoms with E-state index in [4.69, 9.17) is 9.84 Å². The minimum absolute atomic E-state index is 0.0121. The van der Waals surface area contributed by atoms with Gasteiger partial charge in [-0.15, -0.1) is 11.8 Å². The van der Waals surface area contributed by atoms with E-state index in [2.05, 4.69) is 17.9 Å². The number of rotatable bonds is 5. The Labute approximate surface area is 128 Å². The number of ether oxygens (including phenoxy) is 1. The summed E-state index contributed by atoms with van der Waals surface area (Å²) in [7, 11) is 0. The van der Waals surface area contributed by atoms with Gasteiger partial charge in [-0.25, -0.2) is 0 Å². The summed E-state index contributed by atoms with van der Waals surface area (Å²) in [4.78, 5) is 13.8. The van der Waals surface area contributed by atoms with Crippen LogP contribution in [0.25, 0.3) is 0 Å². The highest BCUT2D eigenvalue weighted by atomic mass is 32.2. The highest BCUT2D eigenvalue weighted by Gasteiger charge is 2.25. The van der Waals surface area contributed by atoms with Crippen LogP contribution in [0.2, 0.25) is 0 Å². The lowest BCUT2D eigenvalue weighted by Crippen LogP contribution is -2.43. The number of anilines is 1. The molecule has 6 heteroatoms. The first-order valence-electron chi connectivity index (χ1n) is 6.90. The van der Waals surface area contributed by atoms with Crippen LogP contribution in [-0.4, -0.2) is 42.6 Å². The summed E-state index contributed by atoms with van der Waals surface area (Å²) in [5.41, 5.74) is 1.54. The molecular weight excluding hydrogens is 288 g/mol. The molecule has 5 nitrogen and oxygen atoms in total. The smallest absolute Gasteiger partial charge is 0.306 e. The minimum atomic E-state index is -0.863. The lowest BCUT2D eigenvalue weighted by atomic mass is 10.1. The number of nitrogens with zero attached hydrogens (tertiary/aromatic N) is 2. The van der Waals surface area contributed by atoms with Gasteiger partial charge in [-0.1, -0.05) is 13.0 Å². The molecule has 0 spiro atoms. The van der Waals surface area contributed by atoms with Gasteiger partial charge in [-0.2, -0.15) is 5.26 Å². The summed E-state index contributed by atoms with van der Waals surface area (Å²) in [5.74, 6) is 0.0423. The first-order valence-corrected chi connectivity index (χ1v) is 7.88. The lowest BCUT2D eigenvalue weighted by molar-refractivity contribution is -0.140. The molecule has 1 aromatic rings. The van der Waals surface area contributed by atoms with E-state index in [9.17, 15) is 10.1 Å². The number of hydrogen-bond donors (Lipinski definition) is 1. The third-order valence-corrected chi connectivity index (χ3v) is 4.24. The molecule has 0 aromatic heterocycles. The number of carbonyl (C=O) groups is 1. The average Bonchev–Trinajstić information content (AvgIpc) is 2.47. The monoisotopic (exact) mass is 306 g/mol. The summed E-state index contributed by atoms with van der Waals surface area (Å²) >= 11 is 1.64. The Morgan fingerprint density at radius 3 is 3.10 bits per heavy atom. The van der Waals surface area contributed by atoms with Crippen molar-refractivity contribution in [2.24, 2.45) is 0 Å². The third-order valence-electron chi connectivity index (χ3n) is 3.30. The summed E-state index contributed by atoms with van der Waals surface area (Å²) in [6.45, 7) is 3.70. The van der Waals surface area contributed by atoms with Gasteiger partial charge >= 0.3 is 5.97 Å². The number of benzene rings is 1. The molecule has 112 valence electrons. The van der Waals surface area contributed by atoms with Crippen LogP contribution < -0.4 is 4.90 Å². The zero-order chi connectivity index (χ0) is 15.2. The number of thioether (sulfide) groups is 1. The molecule has 2 rings (SSSR count). The Morgan fingerprint density at radius 2 is 2.43 bits per heavy atom. The van der Waals surface area contributed by atoms with E-state index in [-0.39, 0.29) is 12.5 Å². The average molecular weight is 306 g/mol. The molecule has 0 saturated carbocycles. The number of carboxylic acids is 1. The summed E-state index contributed by atoms with van der Waals surface area (Å²) in [5, 5.41) is 18.3. The highest BCUT2D eigenvalue weighted by Crippen LogP contribution is 2.31. The normalized spacial score (nSPS) is 18.3. The maximum Gasteiger partial charge on any atom is 0.306 e. The van der Waals surface area contributed by atoms with Gasteiger partial charge in [0.05, 0.1) is 30.4 Å². The second-order valence-corrected chi connectivity index (χ2v) is 6.04. The van der Waals surface area contributed by atoms with E-state index in [0.29, 0.717) is 25.3 Å². The van der Waals surface area contributed by atoms with Crippen molar-refractivity contribution in [3.8, 4) is 6.07 Å². The zero-order valence-corrected chi connectivity index (χ0v) is 12.7. The predicted octanol–water partition coefficient (Wildman–Crippen LogP) is 2.35. The van der Waals surface area contributed by atoms with Crippen molar-refractivity contribution >= 4 is 23.4 Å². The molecule has 1 N–H and O–H groups in total. The first kappa shape index (κ1) is 15.7. The topological polar surface area (TPSA) is 73.6 Å². The molecule has 0 radical (unpaired) electrons. The van der Waals surface area contributed by atoms with Gasteiger partial charge in [-0.3, -0.25) is 4.79 Å². The standard InChI is InChI=1S/C15H18N2O3S/c1-2-21-14-5-3-4-13(12(14)9-16)17-6-7-20-11(10-17)8-15(18)19/h3-5,11H,2,6-8,10H2,1H3,(H,18,19). The van der Waals surface area contributed by atoms with Crippen LogP contribution in [0.4, 0.5) is 5.69 Å². The summed E-state index contributed by atoms with van der Waals surface area (Å²) in [6.07, 6.45) is -0.341. The van der Waals surface area contributed by atoms with E-state index in [1.807, 2.05) is 18.2 Å². The van der Waals surface area contributed by atoms with Gasteiger partial charge in [0.2, 0.25) is 0 Å².